The smallest absolute Gasteiger partial charge is 0.0592 e. The van der Waals surface area contributed by atoms with Crippen LogP contribution in [0.1, 0.15) is 47.0 Å². The molecule has 0 amide bonds. The van der Waals surface area contributed by atoms with Crippen molar-refractivity contribution in [1.29, 1.82) is 0 Å². The second-order valence-electron chi connectivity index (χ2n) is 5.21. The summed E-state index contributed by atoms with van der Waals surface area (Å²) in [5.74, 6) is 0. The third-order valence-electron chi connectivity index (χ3n) is 3.86. The first-order valence-electron chi connectivity index (χ1n) is 5.91. The first-order chi connectivity index (χ1) is 6.49. The summed E-state index contributed by atoms with van der Waals surface area (Å²) in [5, 5.41) is 9.95. The van der Waals surface area contributed by atoms with Crippen LogP contribution in [0.2, 0.25) is 0 Å². The molecule has 2 nitrogen and oxygen atoms in total. The number of nitrogens with zero attached hydrogens (tertiary/aromatic N) is 1. The highest BCUT2D eigenvalue weighted by Gasteiger charge is 2.35. The Morgan fingerprint density at radius 2 is 1.79 bits per heavy atom. The van der Waals surface area contributed by atoms with E-state index < -0.39 is 0 Å². The molecule has 0 aromatic heterocycles. The van der Waals surface area contributed by atoms with Crippen molar-refractivity contribution in [1.82, 2.24) is 4.90 Å². The van der Waals surface area contributed by atoms with E-state index >= 15 is 0 Å². The minimum absolute atomic E-state index is 0.114. The molecule has 1 N–H and O–H groups in total. The predicted molar refractivity (Wildman–Crippen MR) is 60.3 cm³/mol. The van der Waals surface area contributed by atoms with E-state index in [1.54, 1.807) is 0 Å². The standard InChI is InChI=1S/C12H25NO/c1-5-11(14)12(4)6-8-13(9-7-12)10(2)3/h10-11,14H,5-9H2,1-4H3/t11-/m1/s1. The summed E-state index contributed by atoms with van der Waals surface area (Å²) in [6, 6.07) is 0.651. The van der Waals surface area contributed by atoms with Gasteiger partial charge in [-0.15, -0.1) is 0 Å². The van der Waals surface area contributed by atoms with E-state index in [1.165, 1.54) is 0 Å². The van der Waals surface area contributed by atoms with Crippen molar-refractivity contribution < 1.29 is 5.11 Å². The van der Waals surface area contributed by atoms with Gasteiger partial charge in [-0.1, -0.05) is 13.8 Å². The Balaban J connectivity index is 2.48. The largest absolute Gasteiger partial charge is 0.393 e. The Morgan fingerprint density at radius 1 is 1.29 bits per heavy atom. The van der Waals surface area contributed by atoms with Gasteiger partial charge in [-0.2, -0.15) is 0 Å². The van der Waals surface area contributed by atoms with Gasteiger partial charge in [0.1, 0.15) is 0 Å². The van der Waals surface area contributed by atoms with Crippen LogP contribution in [-0.2, 0) is 0 Å². The summed E-state index contributed by atoms with van der Waals surface area (Å²) in [6.45, 7) is 11.1. The van der Waals surface area contributed by atoms with Crippen molar-refractivity contribution >= 4 is 0 Å². The van der Waals surface area contributed by atoms with E-state index in [9.17, 15) is 5.11 Å². The fourth-order valence-electron chi connectivity index (χ4n) is 2.38. The Kier molecular flexibility index (Phi) is 3.96. The highest BCUT2D eigenvalue weighted by molar-refractivity contribution is 4.88. The fourth-order valence-corrected chi connectivity index (χ4v) is 2.38. The van der Waals surface area contributed by atoms with Gasteiger partial charge < -0.3 is 10.0 Å². The maximum absolute atomic E-state index is 9.95. The molecule has 0 bridgehead atoms. The zero-order valence-corrected chi connectivity index (χ0v) is 10.1. The first-order valence-corrected chi connectivity index (χ1v) is 5.91. The maximum Gasteiger partial charge on any atom is 0.0592 e. The highest BCUT2D eigenvalue weighted by Crippen LogP contribution is 2.36. The van der Waals surface area contributed by atoms with Crippen LogP contribution in [0, 0.1) is 5.41 Å². The molecule has 0 unspecified atom stereocenters. The van der Waals surface area contributed by atoms with Crippen LogP contribution in [0.3, 0.4) is 0 Å². The molecular weight excluding hydrogens is 174 g/mol. The monoisotopic (exact) mass is 199 g/mol. The van der Waals surface area contributed by atoms with Crippen LogP contribution in [0.15, 0.2) is 0 Å². The zero-order chi connectivity index (χ0) is 10.8. The first kappa shape index (κ1) is 12.0. The van der Waals surface area contributed by atoms with E-state index in [-0.39, 0.29) is 11.5 Å². The number of rotatable bonds is 3. The van der Waals surface area contributed by atoms with Gasteiger partial charge in [0.2, 0.25) is 0 Å². The van der Waals surface area contributed by atoms with Crippen molar-refractivity contribution in [2.45, 2.75) is 59.1 Å². The number of aliphatic hydroxyl groups excluding tert-OH is 1. The number of aliphatic hydroxyl groups is 1. The van der Waals surface area contributed by atoms with Gasteiger partial charge in [0.15, 0.2) is 0 Å². The second kappa shape index (κ2) is 4.63. The van der Waals surface area contributed by atoms with Crippen molar-refractivity contribution in [3.05, 3.63) is 0 Å². The van der Waals surface area contributed by atoms with Gasteiger partial charge in [-0.05, 0) is 51.6 Å². The molecule has 1 rings (SSSR count). The molecule has 0 aromatic carbocycles. The number of hydrogen-bond acceptors (Lipinski definition) is 2. The Morgan fingerprint density at radius 3 is 2.14 bits per heavy atom. The van der Waals surface area contributed by atoms with Gasteiger partial charge >= 0.3 is 0 Å². The van der Waals surface area contributed by atoms with Gasteiger partial charge in [0, 0.05) is 6.04 Å². The van der Waals surface area contributed by atoms with Gasteiger partial charge in [0.05, 0.1) is 6.10 Å². The van der Waals surface area contributed by atoms with Gasteiger partial charge in [-0.25, -0.2) is 0 Å². The Labute approximate surface area is 88.3 Å². The van der Waals surface area contributed by atoms with Crippen molar-refractivity contribution in [2.75, 3.05) is 13.1 Å². The molecule has 1 saturated heterocycles. The molecular formula is C12H25NO. The quantitative estimate of drug-likeness (QED) is 0.753. The topological polar surface area (TPSA) is 23.5 Å². The van der Waals surface area contributed by atoms with E-state index in [0.717, 1.165) is 32.4 Å². The summed E-state index contributed by atoms with van der Waals surface area (Å²) in [7, 11) is 0. The molecule has 0 spiro atoms. The molecule has 1 heterocycles. The summed E-state index contributed by atoms with van der Waals surface area (Å²) >= 11 is 0. The third-order valence-corrected chi connectivity index (χ3v) is 3.86. The molecule has 14 heavy (non-hydrogen) atoms. The second-order valence-corrected chi connectivity index (χ2v) is 5.21. The molecule has 0 radical (unpaired) electrons. The van der Waals surface area contributed by atoms with E-state index in [2.05, 4.69) is 32.6 Å². The Hall–Kier alpha value is -0.0800. The number of piperidine rings is 1. The van der Waals surface area contributed by atoms with Crippen LogP contribution in [0.4, 0.5) is 0 Å². The van der Waals surface area contributed by atoms with Gasteiger partial charge in [-0.3, -0.25) is 0 Å². The maximum atomic E-state index is 9.95. The minimum Gasteiger partial charge on any atom is -0.393 e. The number of likely N-dealkylation sites (tertiary alicyclic amines) is 1. The third kappa shape index (κ3) is 2.48. The Bertz CT molecular complexity index is 171. The van der Waals surface area contributed by atoms with E-state index in [1.807, 2.05) is 0 Å². The molecule has 0 aromatic rings. The lowest BCUT2D eigenvalue weighted by molar-refractivity contribution is -0.0190. The zero-order valence-electron chi connectivity index (χ0n) is 10.1. The lowest BCUT2D eigenvalue weighted by Crippen LogP contribution is -2.46. The van der Waals surface area contributed by atoms with Crippen LogP contribution >= 0.6 is 0 Å². The molecule has 1 aliphatic rings. The van der Waals surface area contributed by atoms with E-state index in [0.29, 0.717) is 6.04 Å². The van der Waals surface area contributed by atoms with Crippen molar-refractivity contribution in [3.8, 4) is 0 Å². The van der Waals surface area contributed by atoms with Crippen molar-refractivity contribution in [3.63, 3.8) is 0 Å². The molecule has 1 fully saturated rings. The summed E-state index contributed by atoms with van der Waals surface area (Å²) in [4.78, 5) is 2.50. The SMILES string of the molecule is CC[C@@H](O)C1(C)CCN(C(C)C)CC1. The lowest BCUT2D eigenvalue weighted by Gasteiger charge is -2.43. The molecule has 1 atom stereocenters. The molecule has 2 heteroatoms. The van der Waals surface area contributed by atoms with E-state index in [4.69, 9.17) is 0 Å². The molecule has 1 aliphatic heterocycles. The van der Waals surface area contributed by atoms with Crippen LogP contribution in [0.25, 0.3) is 0 Å². The van der Waals surface area contributed by atoms with Crippen molar-refractivity contribution in [2.24, 2.45) is 5.41 Å². The van der Waals surface area contributed by atoms with Gasteiger partial charge in [0.25, 0.3) is 0 Å². The normalized spacial score (nSPS) is 25.3. The van der Waals surface area contributed by atoms with Crippen LogP contribution in [0.5, 0.6) is 0 Å². The average molecular weight is 199 g/mol. The highest BCUT2D eigenvalue weighted by atomic mass is 16.3. The fraction of sp³-hybridized carbons (Fsp3) is 1.00. The summed E-state index contributed by atoms with van der Waals surface area (Å²) < 4.78 is 0. The average Bonchev–Trinajstić information content (AvgIpc) is 2.17. The molecule has 0 aliphatic carbocycles. The van der Waals surface area contributed by atoms with Crippen LogP contribution < -0.4 is 0 Å². The predicted octanol–water partition coefficient (Wildman–Crippen LogP) is 2.27. The number of hydrogen-bond donors (Lipinski definition) is 1. The molecule has 0 saturated carbocycles. The molecule has 84 valence electrons. The minimum atomic E-state index is -0.114. The van der Waals surface area contributed by atoms with Crippen LogP contribution in [-0.4, -0.2) is 35.2 Å². The summed E-state index contributed by atoms with van der Waals surface area (Å²) in [6.07, 6.45) is 3.05. The summed E-state index contributed by atoms with van der Waals surface area (Å²) in [5.41, 5.74) is 0.167. The lowest BCUT2D eigenvalue weighted by atomic mass is 9.74.